The Labute approximate surface area is 80.1 Å². The van der Waals surface area contributed by atoms with Crippen molar-refractivity contribution in [2.24, 2.45) is 5.73 Å². The summed E-state index contributed by atoms with van der Waals surface area (Å²) >= 11 is 0. The van der Waals surface area contributed by atoms with Crippen molar-refractivity contribution in [1.29, 1.82) is 0 Å². The second kappa shape index (κ2) is 4.58. The summed E-state index contributed by atoms with van der Waals surface area (Å²) in [6.45, 7) is 1.06. The number of amides is 1. The SMILES string of the molecule is [2H]C[C@@H]1C[C@@H](O)CN1C(=O)CCCN. The number of nitrogens with two attached hydrogens (primary N) is 1. The van der Waals surface area contributed by atoms with Crippen LogP contribution in [-0.4, -0.2) is 41.1 Å². The Morgan fingerprint density at radius 1 is 1.85 bits per heavy atom. The highest BCUT2D eigenvalue weighted by Crippen LogP contribution is 2.18. The summed E-state index contributed by atoms with van der Waals surface area (Å²) in [6, 6.07) is -0.102. The molecule has 4 heteroatoms. The summed E-state index contributed by atoms with van der Waals surface area (Å²) < 4.78 is 7.26. The Bertz CT molecular complexity index is 201. The van der Waals surface area contributed by atoms with Gasteiger partial charge in [-0.15, -0.1) is 0 Å². The van der Waals surface area contributed by atoms with Gasteiger partial charge >= 0.3 is 0 Å². The van der Waals surface area contributed by atoms with Crippen LogP contribution in [0.2, 0.25) is 0 Å². The number of aliphatic hydroxyl groups excluding tert-OH is 1. The Morgan fingerprint density at radius 3 is 3.23 bits per heavy atom. The van der Waals surface area contributed by atoms with Gasteiger partial charge in [0.05, 0.1) is 6.10 Å². The monoisotopic (exact) mass is 187 g/mol. The van der Waals surface area contributed by atoms with Crippen LogP contribution in [-0.2, 0) is 4.79 Å². The van der Waals surface area contributed by atoms with Crippen molar-refractivity contribution < 1.29 is 11.3 Å². The van der Waals surface area contributed by atoms with Crippen LogP contribution in [0.1, 0.15) is 27.5 Å². The van der Waals surface area contributed by atoms with E-state index in [0.717, 1.165) is 0 Å². The number of hydrogen-bond acceptors (Lipinski definition) is 3. The average Bonchev–Trinajstić information content (AvgIpc) is 2.56. The Hall–Kier alpha value is -0.610. The number of carbonyl (C=O) groups excluding carboxylic acids is 1. The second-order valence-corrected chi connectivity index (χ2v) is 3.48. The summed E-state index contributed by atoms with van der Waals surface area (Å²) in [5, 5.41) is 9.37. The van der Waals surface area contributed by atoms with Gasteiger partial charge in [-0.2, -0.15) is 0 Å². The third-order valence-electron chi connectivity index (χ3n) is 2.31. The van der Waals surface area contributed by atoms with E-state index in [1.165, 1.54) is 0 Å². The van der Waals surface area contributed by atoms with Gasteiger partial charge < -0.3 is 15.7 Å². The number of hydrogen-bond donors (Lipinski definition) is 2. The number of likely N-dealkylation sites (tertiary alicyclic amines) is 1. The van der Waals surface area contributed by atoms with Crippen molar-refractivity contribution >= 4 is 5.91 Å². The Kier molecular flexibility index (Phi) is 3.16. The zero-order valence-electron chi connectivity index (χ0n) is 8.78. The average molecular weight is 187 g/mol. The van der Waals surface area contributed by atoms with E-state index in [2.05, 4.69) is 0 Å². The van der Waals surface area contributed by atoms with Crippen molar-refractivity contribution in [3.8, 4) is 0 Å². The zero-order valence-corrected chi connectivity index (χ0v) is 7.78. The Morgan fingerprint density at radius 2 is 2.62 bits per heavy atom. The molecule has 13 heavy (non-hydrogen) atoms. The minimum Gasteiger partial charge on any atom is -0.391 e. The van der Waals surface area contributed by atoms with Gasteiger partial charge in [0.1, 0.15) is 0 Å². The molecule has 76 valence electrons. The van der Waals surface area contributed by atoms with Crippen LogP contribution in [0.25, 0.3) is 0 Å². The largest absolute Gasteiger partial charge is 0.391 e. The minimum atomic E-state index is -0.452. The van der Waals surface area contributed by atoms with E-state index >= 15 is 0 Å². The number of nitrogens with zero attached hydrogens (tertiary/aromatic N) is 1. The van der Waals surface area contributed by atoms with E-state index < -0.39 is 6.10 Å². The molecule has 2 atom stereocenters. The predicted octanol–water partition coefficient (Wildman–Crippen LogP) is -0.293. The molecule has 1 fully saturated rings. The standard InChI is InChI=1S/C9H18N2O2/c1-7-5-8(12)6-11(7)9(13)3-2-4-10/h7-8,12H,2-6,10H2,1H3/t7-,8-/m1/s1/i1D. The highest BCUT2D eigenvalue weighted by Gasteiger charge is 2.30. The van der Waals surface area contributed by atoms with Crippen LogP contribution in [0.4, 0.5) is 0 Å². The van der Waals surface area contributed by atoms with Gasteiger partial charge in [-0.05, 0) is 26.3 Å². The minimum absolute atomic E-state index is 0.0178. The molecule has 0 spiro atoms. The molecule has 0 aromatic heterocycles. The van der Waals surface area contributed by atoms with Crippen LogP contribution in [0.5, 0.6) is 0 Å². The van der Waals surface area contributed by atoms with Gasteiger partial charge in [0.15, 0.2) is 0 Å². The molecule has 0 radical (unpaired) electrons. The molecule has 0 aromatic rings. The Balaban J connectivity index is 2.45. The van der Waals surface area contributed by atoms with Crippen molar-refractivity contribution in [3.05, 3.63) is 0 Å². The molecule has 1 amide bonds. The first kappa shape index (κ1) is 8.97. The van der Waals surface area contributed by atoms with E-state index in [0.29, 0.717) is 32.4 Å². The summed E-state index contributed by atoms with van der Waals surface area (Å²) in [7, 11) is 0. The molecule has 3 N–H and O–H groups in total. The molecule has 0 saturated carbocycles. The maximum Gasteiger partial charge on any atom is 0.222 e. The number of carbonyl (C=O) groups is 1. The second-order valence-electron chi connectivity index (χ2n) is 3.48. The van der Waals surface area contributed by atoms with Crippen molar-refractivity contribution in [3.63, 3.8) is 0 Å². The van der Waals surface area contributed by atoms with Gasteiger partial charge in [-0.1, -0.05) is 0 Å². The lowest BCUT2D eigenvalue weighted by atomic mass is 10.2. The van der Waals surface area contributed by atoms with E-state index in [9.17, 15) is 9.90 Å². The normalized spacial score (nSPS) is 29.1. The molecule has 1 aliphatic heterocycles. The molecule has 0 aromatic carbocycles. The molecule has 0 bridgehead atoms. The van der Waals surface area contributed by atoms with Crippen molar-refractivity contribution in [2.45, 2.75) is 38.3 Å². The fourth-order valence-electron chi connectivity index (χ4n) is 1.59. The first-order valence-electron chi connectivity index (χ1n) is 5.36. The first-order valence-corrected chi connectivity index (χ1v) is 4.66. The quantitative estimate of drug-likeness (QED) is 0.638. The fraction of sp³-hybridized carbons (Fsp3) is 0.889. The molecular weight excluding hydrogens is 168 g/mol. The summed E-state index contributed by atoms with van der Waals surface area (Å²) in [4.78, 5) is 13.2. The predicted molar refractivity (Wildman–Crippen MR) is 50.1 cm³/mol. The summed E-state index contributed by atoms with van der Waals surface area (Å²) in [5.74, 6) is 0.0178. The van der Waals surface area contributed by atoms with Gasteiger partial charge in [0.2, 0.25) is 5.91 Å². The smallest absolute Gasteiger partial charge is 0.222 e. The van der Waals surface area contributed by atoms with Crippen LogP contribution in [0.15, 0.2) is 0 Å². The molecule has 0 unspecified atom stereocenters. The lowest BCUT2D eigenvalue weighted by Crippen LogP contribution is -2.34. The van der Waals surface area contributed by atoms with Crippen LogP contribution in [0, 0.1) is 0 Å². The lowest BCUT2D eigenvalue weighted by Gasteiger charge is -2.20. The zero-order chi connectivity index (χ0) is 10.6. The van der Waals surface area contributed by atoms with E-state index in [1.807, 2.05) is 0 Å². The number of aliphatic hydroxyl groups is 1. The molecule has 1 saturated heterocycles. The summed E-state index contributed by atoms with van der Waals surface area (Å²) in [6.07, 6.45) is 1.19. The van der Waals surface area contributed by atoms with Gasteiger partial charge in [0.25, 0.3) is 0 Å². The van der Waals surface area contributed by atoms with Crippen molar-refractivity contribution in [2.75, 3.05) is 13.1 Å². The molecule has 0 aliphatic carbocycles. The molecule has 1 heterocycles. The third-order valence-corrected chi connectivity index (χ3v) is 2.31. The maximum absolute atomic E-state index is 11.6. The van der Waals surface area contributed by atoms with Crippen LogP contribution >= 0.6 is 0 Å². The topological polar surface area (TPSA) is 66.6 Å². The third kappa shape index (κ3) is 2.67. The van der Waals surface area contributed by atoms with Crippen LogP contribution in [0.3, 0.4) is 0 Å². The highest BCUT2D eigenvalue weighted by atomic mass is 16.3. The van der Waals surface area contributed by atoms with E-state index in [-0.39, 0.29) is 18.8 Å². The highest BCUT2D eigenvalue weighted by molar-refractivity contribution is 5.76. The molecule has 1 rings (SSSR count). The van der Waals surface area contributed by atoms with Crippen molar-refractivity contribution in [1.82, 2.24) is 4.90 Å². The van der Waals surface area contributed by atoms with Gasteiger partial charge in [-0.25, -0.2) is 0 Å². The first-order chi connectivity index (χ1) is 6.69. The number of rotatable bonds is 3. The molecule has 4 nitrogen and oxygen atoms in total. The molecule has 1 aliphatic rings. The van der Waals surface area contributed by atoms with Crippen LogP contribution < -0.4 is 5.73 Å². The fourth-order valence-corrected chi connectivity index (χ4v) is 1.59. The van der Waals surface area contributed by atoms with E-state index in [1.54, 1.807) is 4.90 Å². The summed E-state index contributed by atoms with van der Waals surface area (Å²) in [5.41, 5.74) is 5.31. The molecular formula is C9H18N2O2. The van der Waals surface area contributed by atoms with E-state index in [4.69, 9.17) is 7.10 Å². The maximum atomic E-state index is 11.6. The number of β-amino-alcohol motifs (C(OH)–C–C–N with tert-alkyl or cyclic N) is 1. The van der Waals surface area contributed by atoms with Gasteiger partial charge in [0, 0.05) is 20.4 Å². The van der Waals surface area contributed by atoms with Gasteiger partial charge in [-0.3, -0.25) is 4.79 Å². The lowest BCUT2D eigenvalue weighted by molar-refractivity contribution is -0.132.